The lowest BCUT2D eigenvalue weighted by molar-refractivity contribution is -0.153. The van der Waals surface area contributed by atoms with E-state index in [9.17, 15) is 14.7 Å². The molecule has 132 valence electrons. The fraction of sp³-hybridized carbons (Fsp3) is 0.700. The Morgan fingerprint density at radius 3 is 2.62 bits per heavy atom. The molecule has 0 aromatic heterocycles. The summed E-state index contributed by atoms with van der Waals surface area (Å²) in [6, 6.07) is 0. The molecule has 2 saturated carbocycles. The number of aliphatic hydroxyl groups excluding tert-OH is 1. The lowest BCUT2D eigenvalue weighted by Crippen LogP contribution is -2.58. The van der Waals surface area contributed by atoms with Crippen LogP contribution in [0.2, 0.25) is 0 Å². The van der Waals surface area contributed by atoms with Gasteiger partial charge >= 0.3 is 5.97 Å². The van der Waals surface area contributed by atoms with E-state index in [1.807, 2.05) is 6.08 Å². The number of ketones is 1. The molecule has 0 radical (unpaired) electrons. The molecule has 0 aromatic rings. The summed E-state index contributed by atoms with van der Waals surface area (Å²) in [6.07, 6.45) is 5.17. The first kappa shape index (κ1) is 17.4. The van der Waals surface area contributed by atoms with Gasteiger partial charge < -0.3 is 9.84 Å². The number of ether oxygens (including phenoxy) is 1. The Morgan fingerprint density at radius 2 is 2.00 bits per heavy atom. The van der Waals surface area contributed by atoms with Gasteiger partial charge in [-0.25, -0.2) is 4.79 Å². The van der Waals surface area contributed by atoms with Crippen molar-refractivity contribution in [1.29, 1.82) is 0 Å². The molecule has 4 heteroatoms. The van der Waals surface area contributed by atoms with Crippen molar-refractivity contribution in [2.24, 2.45) is 22.7 Å². The third-order valence-corrected chi connectivity index (χ3v) is 6.59. The van der Waals surface area contributed by atoms with Gasteiger partial charge in [0.15, 0.2) is 5.78 Å². The maximum Gasteiger partial charge on any atom is 0.333 e. The highest BCUT2D eigenvalue weighted by atomic mass is 16.5. The first-order valence-electron chi connectivity index (χ1n) is 8.95. The Labute approximate surface area is 144 Å². The van der Waals surface area contributed by atoms with Crippen LogP contribution < -0.4 is 0 Å². The van der Waals surface area contributed by atoms with Crippen LogP contribution >= 0.6 is 0 Å². The first-order chi connectivity index (χ1) is 11.2. The lowest BCUT2D eigenvalue weighted by atomic mass is 9.46. The van der Waals surface area contributed by atoms with E-state index in [1.54, 1.807) is 0 Å². The van der Waals surface area contributed by atoms with Crippen LogP contribution in [0.5, 0.6) is 0 Å². The SMILES string of the molecule is C=C1[C@@H](O)C(=O)[C@@H]2C(C)(C)CCC[C@]2(C)[C@H]1C/C=C1\CCOC1=O. The molecule has 0 amide bonds. The zero-order valence-electron chi connectivity index (χ0n) is 14.9. The molecule has 3 aliphatic rings. The van der Waals surface area contributed by atoms with Crippen LogP contribution in [0, 0.1) is 22.7 Å². The number of esters is 1. The number of Topliss-reactive ketones (excluding diaryl/α,β-unsaturated/α-hetero) is 1. The van der Waals surface area contributed by atoms with E-state index >= 15 is 0 Å². The molecule has 4 atom stereocenters. The number of fused-ring (bicyclic) bond motifs is 1. The van der Waals surface area contributed by atoms with Gasteiger partial charge in [-0.3, -0.25) is 4.79 Å². The highest BCUT2D eigenvalue weighted by Crippen LogP contribution is 2.60. The van der Waals surface area contributed by atoms with Crippen molar-refractivity contribution < 1.29 is 19.4 Å². The predicted octanol–water partition coefficient (Wildman–Crippen LogP) is 3.20. The summed E-state index contributed by atoms with van der Waals surface area (Å²) in [5, 5.41) is 10.5. The van der Waals surface area contributed by atoms with Crippen LogP contribution in [-0.2, 0) is 14.3 Å². The normalized spacial score (nSPS) is 40.6. The number of hydrogen-bond acceptors (Lipinski definition) is 4. The molecule has 1 aliphatic heterocycles. The molecule has 1 N–H and O–H groups in total. The standard InChI is InChI=1S/C20H28O4/c1-12-14(7-6-13-8-11-24-18(13)23)20(4)10-5-9-19(2,3)17(20)16(22)15(12)21/h6,14-15,17,21H,1,5,7-11H2,2-4H3/b13-6+/t14-,15+,17+,20+/m0/s1. The van der Waals surface area contributed by atoms with E-state index in [2.05, 4.69) is 27.4 Å². The summed E-state index contributed by atoms with van der Waals surface area (Å²) in [7, 11) is 0. The molecule has 3 fully saturated rings. The number of allylic oxidation sites excluding steroid dienone is 1. The fourth-order valence-corrected chi connectivity index (χ4v) is 5.46. The average Bonchev–Trinajstić information content (AvgIpc) is 2.89. The molecule has 0 spiro atoms. The van der Waals surface area contributed by atoms with Gasteiger partial charge in [0.1, 0.15) is 6.10 Å². The quantitative estimate of drug-likeness (QED) is 0.479. The van der Waals surface area contributed by atoms with E-state index in [-0.39, 0.29) is 34.4 Å². The summed E-state index contributed by atoms with van der Waals surface area (Å²) < 4.78 is 5.00. The summed E-state index contributed by atoms with van der Waals surface area (Å²) >= 11 is 0. The van der Waals surface area contributed by atoms with E-state index in [1.165, 1.54) is 0 Å². The van der Waals surface area contributed by atoms with E-state index in [4.69, 9.17) is 4.74 Å². The van der Waals surface area contributed by atoms with Crippen molar-refractivity contribution >= 4 is 11.8 Å². The third-order valence-electron chi connectivity index (χ3n) is 6.59. The zero-order valence-corrected chi connectivity index (χ0v) is 14.9. The lowest BCUT2D eigenvalue weighted by Gasteiger charge is -2.57. The maximum absolute atomic E-state index is 12.8. The minimum absolute atomic E-state index is 0.00988. The van der Waals surface area contributed by atoms with Crippen LogP contribution in [0.3, 0.4) is 0 Å². The van der Waals surface area contributed by atoms with Gasteiger partial charge in [-0.05, 0) is 41.6 Å². The van der Waals surface area contributed by atoms with E-state index < -0.39 is 6.10 Å². The van der Waals surface area contributed by atoms with Crippen LogP contribution in [-0.4, -0.2) is 29.6 Å². The molecule has 4 nitrogen and oxygen atoms in total. The largest absolute Gasteiger partial charge is 0.462 e. The maximum atomic E-state index is 12.8. The molecule has 0 aromatic carbocycles. The van der Waals surface area contributed by atoms with Gasteiger partial charge in [0.25, 0.3) is 0 Å². The molecule has 1 heterocycles. The molecular formula is C20H28O4. The number of rotatable bonds is 2. The van der Waals surface area contributed by atoms with Gasteiger partial charge in [-0.2, -0.15) is 0 Å². The van der Waals surface area contributed by atoms with Crippen molar-refractivity contribution in [2.45, 2.75) is 59.0 Å². The molecule has 2 aliphatic carbocycles. The van der Waals surface area contributed by atoms with Crippen LogP contribution in [0.4, 0.5) is 0 Å². The Hall–Kier alpha value is -1.42. The Kier molecular flexibility index (Phi) is 4.23. The molecule has 1 saturated heterocycles. The highest BCUT2D eigenvalue weighted by Gasteiger charge is 2.59. The van der Waals surface area contributed by atoms with Crippen LogP contribution in [0.15, 0.2) is 23.8 Å². The number of hydrogen-bond donors (Lipinski definition) is 1. The minimum Gasteiger partial charge on any atom is -0.462 e. The second-order valence-corrected chi connectivity index (χ2v) is 8.56. The molecule has 0 bridgehead atoms. The Bertz CT molecular complexity index is 615. The number of aliphatic hydroxyl groups is 1. The van der Waals surface area contributed by atoms with Gasteiger partial charge in [0.05, 0.1) is 6.61 Å². The third kappa shape index (κ3) is 2.55. The minimum atomic E-state index is -1.08. The Morgan fingerprint density at radius 1 is 1.29 bits per heavy atom. The summed E-state index contributed by atoms with van der Waals surface area (Å²) in [6.45, 7) is 11.0. The van der Waals surface area contributed by atoms with E-state index in [0.717, 1.165) is 19.3 Å². The second-order valence-electron chi connectivity index (χ2n) is 8.56. The number of carbonyl (C=O) groups excluding carboxylic acids is 2. The molecule has 24 heavy (non-hydrogen) atoms. The predicted molar refractivity (Wildman–Crippen MR) is 91.1 cm³/mol. The van der Waals surface area contributed by atoms with Crippen molar-refractivity contribution in [3.63, 3.8) is 0 Å². The fourth-order valence-electron chi connectivity index (χ4n) is 5.46. The summed E-state index contributed by atoms with van der Waals surface area (Å²) in [5.41, 5.74) is 0.988. The first-order valence-corrected chi connectivity index (χ1v) is 8.95. The van der Waals surface area contributed by atoms with E-state index in [0.29, 0.717) is 30.6 Å². The summed E-state index contributed by atoms with van der Waals surface area (Å²) in [4.78, 5) is 24.5. The van der Waals surface area contributed by atoms with Gasteiger partial charge in [0, 0.05) is 17.9 Å². The van der Waals surface area contributed by atoms with Crippen LogP contribution in [0.1, 0.15) is 52.9 Å². The second kappa shape index (κ2) is 5.83. The van der Waals surface area contributed by atoms with Crippen molar-refractivity contribution in [3.8, 4) is 0 Å². The topological polar surface area (TPSA) is 63.6 Å². The molecule has 3 rings (SSSR count). The summed E-state index contributed by atoms with van der Waals surface area (Å²) in [5.74, 6) is -0.469. The zero-order chi connectivity index (χ0) is 17.7. The van der Waals surface area contributed by atoms with Gasteiger partial charge in [-0.15, -0.1) is 0 Å². The monoisotopic (exact) mass is 332 g/mol. The average molecular weight is 332 g/mol. The smallest absolute Gasteiger partial charge is 0.333 e. The number of carbonyl (C=O) groups is 2. The van der Waals surface area contributed by atoms with Gasteiger partial charge in [-0.1, -0.05) is 39.8 Å². The van der Waals surface area contributed by atoms with Crippen molar-refractivity contribution in [2.75, 3.05) is 6.61 Å². The highest BCUT2D eigenvalue weighted by molar-refractivity contribution is 5.91. The van der Waals surface area contributed by atoms with Crippen LogP contribution in [0.25, 0.3) is 0 Å². The van der Waals surface area contributed by atoms with Crippen molar-refractivity contribution in [1.82, 2.24) is 0 Å². The number of cyclic esters (lactones) is 1. The van der Waals surface area contributed by atoms with Crippen molar-refractivity contribution in [3.05, 3.63) is 23.8 Å². The molecule has 0 unspecified atom stereocenters. The Balaban J connectivity index is 1.95. The molecular weight excluding hydrogens is 304 g/mol. The van der Waals surface area contributed by atoms with Gasteiger partial charge in [0.2, 0.25) is 0 Å².